The van der Waals surface area contributed by atoms with Crippen LogP contribution in [0.4, 0.5) is 0 Å². The van der Waals surface area contributed by atoms with E-state index in [9.17, 15) is 9.59 Å². The van der Waals surface area contributed by atoms with Crippen LogP contribution in [-0.2, 0) is 0 Å². The largest absolute Gasteiger partial charge is 0.336 e. The SMILES string of the molecule is Cc1ccc2c(c1)[nH]c(=O)c1c(C(=O)N3CCSCC3)nnn12. The summed E-state index contributed by atoms with van der Waals surface area (Å²) in [6, 6.07) is 5.68. The van der Waals surface area contributed by atoms with E-state index in [2.05, 4.69) is 15.3 Å². The number of carbonyl (C=O) groups is 1. The normalized spacial score (nSPS) is 15.4. The number of aromatic amines is 1. The van der Waals surface area contributed by atoms with Gasteiger partial charge in [-0.25, -0.2) is 4.52 Å². The molecule has 118 valence electrons. The smallest absolute Gasteiger partial charge is 0.277 e. The molecular formula is C15H15N5O2S. The summed E-state index contributed by atoms with van der Waals surface area (Å²) in [5.74, 6) is 1.59. The lowest BCUT2D eigenvalue weighted by Crippen LogP contribution is -2.38. The molecule has 1 saturated heterocycles. The maximum absolute atomic E-state index is 12.7. The maximum Gasteiger partial charge on any atom is 0.277 e. The Balaban J connectivity index is 1.90. The molecule has 2 aromatic heterocycles. The van der Waals surface area contributed by atoms with Crippen LogP contribution in [0.3, 0.4) is 0 Å². The first kappa shape index (κ1) is 14.3. The molecule has 1 N–H and O–H groups in total. The fourth-order valence-electron chi connectivity index (χ4n) is 2.83. The number of benzene rings is 1. The van der Waals surface area contributed by atoms with Gasteiger partial charge in [0.1, 0.15) is 0 Å². The van der Waals surface area contributed by atoms with Gasteiger partial charge in [0.05, 0.1) is 11.0 Å². The van der Waals surface area contributed by atoms with Crippen molar-refractivity contribution in [3.8, 4) is 0 Å². The van der Waals surface area contributed by atoms with E-state index < -0.39 is 0 Å². The molecule has 3 aromatic rings. The number of aryl methyl sites for hydroxylation is 1. The van der Waals surface area contributed by atoms with Crippen molar-refractivity contribution in [2.24, 2.45) is 0 Å². The fraction of sp³-hybridized carbons (Fsp3) is 0.333. The van der Waals surface area contributed by atoms with Crippen LogP contribution >= 0.6 is 11.8 Å². The molecule has 0 unspecified atom stereocenters. The van der Waals surface area contributed by atoms with Crippen molar-refractivity contribution in [1.82, 2.24) is 24.7 Å². The van der Waals surface area contributed by atoms with Crippen LogP contribution in [0.2, 0.25) is 0 Å². The Kier molecular flexibility index (Phi) is 3.33. The molecule has 3 heterocycles. The van der Waals surface area contributed by atoms with Crippen molar-refractivity contribution in [2.75, 3.05) is 24.6 Å². The Morgan fingerprint density at radius 3 is 2.87 bits per heavy atom. The Bertz CT molecular complexity index is 971. The van der Waals surface area contributed by atoms with Gasteiger partial charge in [-0.2, -0.15) is 11.8 Å². The Morgan fingerprint density at radius 1 is 1.30 bits per heavy atom. The Labute approximate surface area is 135 Å². The zero-order chi connectivity index (χ0) is 16.0. The molecule has 1 fully saturated rings. The van der Waals surface area contributed by atoms with E-state index in [-0.39, 0.29) is 22.7 Å². The molecule has 23 heavy (non-hydrogen) atoms. The third-order valence-electron chi connectivity index (χ3n) is 4.01. The number of hydrogen-bond donors (Lipinski definition) is 1. The highest BCUT2D eigenvalue weighted by atomic mass is 32.2. The zero-order valence-electron chi connectivity index (χ0n) is 12.6. The van der Waals surface area contributed by atoms with Crippen molar-refractivity contribution >= 4 is 34.2 Å². The first-order valence-electron chi connectivity index (χ1n) is 7.40. The van der Waals surface area contributed by atoms with Crippen molar-refractivity contribution in [2.45, 2.75) is 6.92 Å². The van der Waals surface area contributed by atoms with Crippen LogP contribution in [0.15, 0.2) is 23.0 Å². The van der Waals surface area contributed by atoms with Gasteiger partial charge in [0.25, 0.3) is 11.5 Å². The number of nitrogens with zero attached hydrogens (tertiary/aromatic N) is 4. The summed E-state index contributed by atoms with van der Waals surface area (Å²) in [4.78, 5) is 29.7. The first-order chi connectivity index (χ1) is 11.1. The van der Waals surface area contributed by atoms with E-state index in [1.807, 2.05) is 36.9 Å². The predicted molar refractivity (Wildman–Crippen MR) is 89.1 cm³/mol. The number of nitrogens with one attached hydrogen (secondary N) is 1. The fourth-order valence-corrected chi connectivity index (χ4v) is 3.73. The van der Waals surface area contributed by atoms with Gasteiger partial charge in [-0.1, -0.05) is 11.3 Å². The lowest BCUT2D eigenvalue weighted by Gasteiger charge is -2.25. The standard InChI is InChI=1S/C15H15N5O2S/c1-9-2-3-11-10(8-9)16-14(21)13-12(17-18-20(11)13)15(22)19-4-6-23-7-5-19/h2-3,8H,4-7H2,1H3,(H,16,21). The highest BCUT2D eigenvalue weighted by molar-refractivity contribution is 7.99. The van der Waals surface area contributed by atoms with Gasteiger partial charge in [0.15, 0.2) is 11.2 Å². The summed E-state index contributed by atoms with van der Waals surface area (Å²) < 4.78 is 1.46. The number of H-pyrrole nitrogens is 1. The van der Waals surface area contributed by atoms with Crippen LogP contribution < -0.4 is 5.56 Å². The zero-order valence-corrected chi connectivity index (χ0v) is 13.4. The van der Waals surface area contributed by atoms with Gasteiger partial charge in [-0.05, 0) is 24.6 Å². The molecule has 0 atom stereocenters. The van der Waals surface area contributed by atoms with Gasteiger partial charge in [0, 0.05) is 24.6 Å². The van der Waals surface area contributed by atoms with Gasteiger partial charge < -0.3 is 9.88 Å². The van der Waals surface area contributed by atoms with Gasteiger partial charge >= 0.3 is 0 Å². The molecule has 1 amide bonds. The number of amides is 1. The monoisotopic (exact) mass is 329 g/mol. The molecule has 1 aliphatic rings. The van der Waals surface area contributed by atoms with Gasteiger partial charge in [-0.15, -0.1) is 5.10 Å². The first-order valence-corrected chi connectivity index (χ1v) is 8.56. The van der Waals surface area contributed by atoms with Gasteiger partial charge in [-0.3, -0.25) is 9.59 Å². The number of rotatable bonds is 1. The quantitative estimate of drug-likeness (QED) is 0.722. The third-order valence-corrected chi connectivity index (χ3v) is 4.96. The molecule has 0 saturated carbocycles. The van der Waals surface area contributed by atoms with E-state index in [1.54, 1.807) is 4.90 Å². The van der Waals surface area contributed by atoms with E-state index in [1.165, 1.54) is 4.52 Å². The second-order valence-electron chi connectivity index (χ2n) is 5.58. The van der Waals surface area contributed by atoms with Crippen LogP contribution in [0.1, 0.15) is 16.1 Å². The Morgan fingerprint density at radius 2 is 2.09 bits per heavy atom. The van der Waals surface area contributed by atoms with Crippen LogP contribution in [0, 0.1) is 6.92 Å². The van der Waals surface area contributed by atoms with Crippen molar-refractivity contribution in [1.29, 1.82) is 0 Å². The average molecular weight is 329 g/mol. The highest BCUT2D eigenvalue weighted by Crippen LogP contribution is 2.17. The van der Waals surface area contributed by atoms with Crippen molar-refractivity contribution in [3.05, 3.63) is 39.8 Å². The molecular weight excluding hydrogens is 314 g/mol. The average Bonchev–Trinajstić information content (AvgIpc) is 3.00. The van der Waals surface area contributed by atoms with Gasteiger partial charge in [0.2, 0.25) is 0 Å². The number of fused-ring (bicyclic) bond motifs is 3. The molecule has 0 spiro atoms. The summed E-state index contributed by atoms with van der Waals surface area (Å²) in [7, 11) is 0. The summed E-state index contributed by atoms with van der Waals surface area (Å²) >= 11 is 1.82. The molecule has 1 aromatic carbocycles. The minimum Gasteiger partial charge on any atom is -0.336 e. The molecule has 1 aliphatic heterocycles. The molecule has 0 bridgehead atoms. The lowest BCUT2D eigenvalue weighted by molar-refractivity contribution is 0.0768. The number of carbonyl (C=O) groups excluding carboxylic acids is 1. The van der Waals surface area contributed by atoms with Crippen LogP contribution in [-0.4, -0.2) is 55.2 Å². The van der Waals surface area contributed by atoms with Crippen molar-refractivity contribution in [3.63, 3.8) is 0 Å². The predicted octanol–water partition coefficient (Wildman–Crippen LogP) is 1.07. The molecule has 4 rings (SSSR count). The lowest BCUT2D eigenvalue weighted by atomic mass is 10.2. The molecule has 0 aliphatic carbocycles. The van der Waals surface area contributed by atoms with E-state index in [4.69, 9.17) is 0 Å². The number of hydrogen-bond acceptors (Lipinski definition) is 5. The van der Waals surface area contributed by atoms with E-state index in [0.29, 0.717) is 18.6 Å². The van der Waals surface area contributed by atoms with E-state index in [0.717, 1.165) is 22.6 Å². The minimum absolute atomic E-state index is 0.126. The maximum atomic E-state index is 12.7. The minimum atomic E-state index is -0.345. The number of thioether (sulfide) groups is 1. The van der Waals surface area contributed by atoms with Crippen LogP contribution in [0.5, 0.6) is 0 Å². The third kappa shape index (κ3) is 2.29. The topological polar surface area (TPSA) is 83.4 Å². The highest BCUT2D eigenvalue weighted by Gasteiger charge is 2.25. The van der Waals surface area contributed by atoms with Crippen molar-refractivity contribution < 1.29 is 4.79 Å². The molecule has 8 heteroatoms. The second-order valence-corrected chi connectivity index (χ2v) is 6.80. The van der Waals surface area contributed by atoms with Crippen LogP contribution in [0.25, 0.3) is 16.6 Å². The summed E-state index contributed by atoms with van der Waals surface area (Å²) in [5.41, 5.74) is 2.44. The second kappa shape index (κ2) is 5.38. The summed E-state index contributed by atoms with van der Waals surface area (Å²) in [6.07, 6.45) is 0. The molecule has 0 radical (unpaired) electrons. The van der Waals surface area contributed by atoms with E-state index >= 15 is 0 Å². The summed E-state index contributed by atoms with van der Waals surface area (Å²) in [5, 5.41) is 8.05. The Hall–Kier alpha value is -2.35. The number of aromatic nitrogens is 4. The summed E-state index contributed by atoms with van der Waals surface area (Å²) in [6.45, 7) is 3.30. The molecule has 7 nitrogen and oxygen atoms in total.